The second-order valence-electron chi connectivity index (χ2n) is 3.20. The Hall–Kier alpha value is -1.40. The molecule has 0 unspecified atom stereocenters. The van der Waals surface area contributed by atoms with Gasteiger partial charge in [0.1, 0.15) is 12.4 Å². The number of benzene rings is 1. The lowest BCUT2D eigenvalue weighted by Gasteiger charge is -2.04. The average Bonchev–Trinajstić information content (AvgIpc) is 2.25. The second kappa shape index (κ2) is 5.09. The second-order valence-corrected chi connectivity index (χ2v) is 4.76. The molecule has 0 spiro atoms. The molecule has 0 heterocycles. The molecular weight excluding hydrogens is 230 g/mol. The van der Waals surface area contributed by atoms with Gasteiger partial charge in [-0.1, -0.05) is 6.92 Å². The zero-order valence-corrected chi connectivity index (χ0v) is 9.66. The Morgan fingerprint density at radius 2 is 1.88 bits per heavy atom. The van der Waals surface area contributed by atoms with Crippen LogP contribution in [0.2, 0.25) is 0 Å². The highest BCUT2D eigenvalue weighted by Crippen LogP contribution is 2.14. The molecule has 0 radical (unpaired) electrons. The zero-order valence-electron chi connectivity index (χ0n) is 8.84. The van der Waals surface area contributed by atoms with Crippen LogP contribution in [-0.4, -0.2) is 20.8 Å². The van der Waals surface area contributed by atoms with Gasteiger partial charge in [0, 0.05) is 6.42 Å². The number of hydrogen-bond donors (Lipinski definition) is 1. The van der Waals surface area contributed by atoms with Crippen LogP contribution in [0.25, 0.3) is 0 Å². The maximum Gasteiger partial charge on any atom is 0.238 e. The molecule has 0 bridgehead atoms. The van der Waals surface area contributed by atoms with Crippen LogP contribution >= 0.6 is 0 Å². The predicted octanol–water partition coefficient (Wildman–Crippen LogP) is 0.692. The van der Waals surface area contributed by atoms with E-state index in [0.29, 0.717) is 12.2 Å². The molecule has 0 atom stereocenters. The molecule has 88 valence electrons. The number of ether oxygens (including phenoxy) is 1. The van der Waals surface area contributed by atoms with Crippen molar-refractivity contribution in [3.05, 3.63) is 24.3 Å². The fourth-order valence-corrected chi connectivity index (χ4v) is 1.51. The van der Waals surface area contributed by atoms with E-state index in [1.165, 1.54) is 24.3 Å². The Morgan fingerprint density at radius 3 is 2.31 bits per heavy atom. The lowest BCUT2D eigenvalue weighted by Crippen LogP contribution is -2.12. The van der Waals surface area contributed by atoms with Crippen molar-refractivity contribution >= 4 is 15.8 Å². The van der Waals surface area contributed by atoms with E-state index in [2.05, 4.69) is 0 Å². The van der Waals surface area contributed by atoms with Crippen molar-refractivity contribution in [1.82, 2.24) is 0 Å². The molecular formula is C10H13NO4S. The number of nitrogens with two attached hydrogens (primary N) is 1. The van der Waals surface area contributed by atoms with Gasteiger partial charge in [0.25, 0.3) is 0 Å². The molecule has 2 N–H and O–H groups in total. The summed E-state index contributed by atoms with van der Waals surface area (Å²) in [5, 5.41) is 4.93. The maximum absolute atomic E-state index is 11.0. The van der Waals surface area contributed by atoms with Crippen molar-refractivity contribution in [2.24, 2.45) is 5.14 Å². The summed E-state index contributed by atoms with van der Waals surface area (Å²) in [7, 11) is -3.68. The first-order chi connectivity index (χ1) is 7.43. The molecule has 6 heteroatoms. The summed E-state index contributed by atoms with van der Waals surface area (Å²) in [6.07, 6.45) is 0.412. The van der Waals surface area contributed by atoms with Crippen LogP contribution in [0.4, 0.5) is 0 Å². The van der Waals surface area contributed by atoms with Gasteiger partial charge in [0.15, 0.2) is 5.78 Å². The first-order valence-electron chi connectivity index (χ1n) is 4.71. The lowest BCUT2D eigenvalue weighted by molar-refractivity contribution is -0.120. The summed E-state index contributed by atoms with van der Waals surface area (Å²) < 4.78 is 27.0. The molecule has 0 fully saturated rings. The Bertz CT molecular complexity index is 464. The average molecular weight is 243 g/mol. The number of primary sulfonamides is 1. The van der Waals surface area contributed by atoms with E-state index in [4.69, 9.17) is 9.88 Å². The minimum atomic E-state index is -3.68. The fraction of sp³-hybridized carbons (Fsp3) is 0.300. The monoisotopic (exact) mass is 243 g/mol. The van der Waals surface area contributed by atoms with Crippen LogP contribution in [0, 0.1) is 0 Å². The van der Waals surface area contributed by atoms with Crippen LogP contribution in [0.5, 0.6) is 5.75 Å². The third-order valence-corrected chi connectivity index (χ3v) is 2.88. The SMILES string of the molecule is CCC(=O)COc1ccc(S(N)(=O)=O)cc1. The van der Waals surface area contributed by atoms with Gasteiger partial charge in [-0.15, -0.1) is 0 Å². The van der Waals surface area contributed by atoms with E-state index in [0.717, 1.165) is 0 Å². The third-order valence-electron chi connectivity index (χ3n) is 1.95. The molecule has 0 saturated carbocycles. The van der Waals surface area contributed by atoms with E-state index in [-0.39, 0.29) is 17.3 Å². The van der Waals surface area contributed by atoms with Gasteiger partial charge in [-0.25, -0.2) is 13.6 Å². The molecule has 0 saturated heterocycles. The molecule has 0 aromatic heterocycles. The van der Waals surface area contributed by atoms with Crippen molar-refractivity contribution in [2.75, 3.05) is 6.61 Å². The van der Waals surface area contributed by atoms with Crippen LogP contribution in [0.15, 0.2) is 29.2 Å². The quantitative estimate of drug-likeness (QED) is 0.824. The smallest absolute Gasteiger partial charge is 0.238 e. The highest BCUT2D eigenvalue weighted by Gasteiger charge is 2.07. The Kier molecular flexibility index (Phi) is 4.03. The Labute approximate surface area is 94.3 Å². The van der Waals surface area contributed by atoms with E-state index in [1.54, 1.807) is 6.92 Å². The summed E-state index contributed by atoms with van der Waals surface area (Å²) in [5.74, 6) is 0.421. The Morgan fingerprint density at radius 1 is 1.31 bits per heavy atom. The molecule has 1 rings (SSSR count). The van der Waals surface area contributed by atoms with Crippen molar-refractivity contribution in [3.63, 3.8) is 0 Å². The first-order valence-corrected chi connectivity index (χ1v) is 6.25. The fourth-order valence-electron chi connectivity index (χ4n) is 0.991. The van der Waals surface area contributed by atoms with Crippen LogP contribution in [-0.2, 0) is 14.8 Å². The first kappa shape index (κ1) is 12.7. The Balaban J connectivity index is 2.69. The zero-order chi connectivity index (χ0) is 12.2. The summed E-state index contributed by atoms with van der Waals surface area (Å²) >= 11 is 0. The minimum absolute atomic E-state index is 0.00871. The summed E-state index contributed by atoms with van der Waals surface area (Å²) in [4.78, 5) is 11.0. The summed E-state index contributed by atoms with van der Waals surface area (Å²) in [6.45, 7) is 1.74. The number of Topliss-reactive ketones (excluding diaryl/α,β-unsaturated/α-hetero) is 1. The number of carbonyl (C=O) groups excluding carboxylic acids is 1. The molecule has 1 aromatic carbocycles. The van der Waals surface area contributed by atoms with Gasteiger partial charge >= 0.3 is 0 Å². The number of sulfonamides is 1. The van der Waals surface area contributed by atoms with Gasteiger partial charge < -0.3 is 4.74 Å². The largest absolute Gasteiger partial charge is 0.486 e. The normalized spacial score (nSPS) is 11.1. The van der Waals surface area contributed by atoms with E-state index in [9.17, 15) is 13.2 Å². The van der Waals surface area contributed by atoms with Gasteiger partial charge in [-0.2, -0.15) is 0 Å². The standard InChI is InChI=1S/C10H13NO4S/c1-2-8(12)7-15-9-3-5-10(6-4-9)16(11,13)14/h3-6H,2,7H2,1H3,(H2,11,13,14). The number of rotatable bonds is 5. The van der Waals surface area contributed by atoms with Crippen LogP contribution < -0.4 is 9.88 Å². The van der Waals surface area contributed by atoms with Gasteiger partial charge in [0.05, 0.1) is 4.90 Å². The van der Waals surface area contributed by atoms with Crippen molar-refractivity contribution in [3.8, 4) is 5.75 Å². The topological polar surface area (TPSA) is 86.5 Å². The maximum atomic E-state index is 11.0. The van der Waals surface area contributed by atoms with Gasteiger partial charge in [-0.3, -0.25) is 4.79 Å². The van der Waals surface area contributed by atoms with Crippen LogP contribution in [0.3, 0.4) is 0 Å². The highest BCUT2D eigenvalue weighted by atomic mass is 32.2. The number of ketones is 1. The minimum Gasteiger partial charge on any atom is -0.486 e. The predicted molar refractivity (Wildman–Crippen MR) is 58.6 cm³/mol. The third kappa shape index (κ3) is 3.63. The summed E-state index contributed by atoms with van der Waals surface area (Å²) in [5.41, 5.74) is 0. The molecule has 0 aliphatic rings. The molecule has 5 nitrogen and oxygen atoms in total. The number of hydrogen-bond acceptors (Lipinski definition) is 4. The molecule has 0 aliphatic carbocycles. The molecule has 16 heavy (non-hydrogen) atoms. The molecule has 0 aliphatic heterocycles. The lowest BCUT2D eigenvalue weighted by atomic mass is 10.3. The van der Waals surface area contributed by atoms with E-state index < -0.39 is 10.0 Å². The van der Waals surface area contributed by atoms with E-state index >= 15 is 0 Å². The van der Waals surface area contributed by atoms with Crippen LogP contribution in [0.1, 0.15) is 13.3 Å². The van der Waals surface area contributed by atoms with Gasteiger partial charge in [0.2, 0.25) is 10.0 Å². The van der Waals surface area contributed by atoms with Crippen molar-refractivity contribution in [1.29, 1.82) is 0 Å². The summed E-state index contributed by atoms with van der Waals surface area (Å²) in [6, 6.07) is 5.59. The van der Waals surface area contributed by atoms with Crippen molar-refractivity contribution in [2.45, 2.75) is 18.2 Å². The highest BCUT2D eigenvalue weighted by molar-refractivity contribution is 7.89. The van der Waals surface area contributed by atoms with E-state index in [1.807, 2.05) is 0 Å². The molecule has 0 amide bonds. The van der Waals surface area contributed by atoms with Crippen molar-refractivity contribution < 1.29 is 17.9 Å². The molecule has 1 aromatic rings. The van der Waals surface area contributed by atoms with Gasteiger partial charge in [-0.05, 0) is 24.3 Å². The number of carbonyl (C=O) groups is 1.